The van der Waals surface area contributed by atoms with Crippen molar-refractivity contribution in [2.45, 2.75) is 38.3 Å². The van der Waals surface area contributed by atoms with Crippen molar-refractivity contribution in [2.75, 3.05) is 0 Å². The van der Waals surface area contributed by atoms with Gasteiger partial charge in [-0.3, -0.25) is 14.5 Å². The average Bonchev–Trinajstić information content (AvgIpc) is 2.64. The van der Waals surface area contributed by atoms with E-state index in [1.54, 1.807) is 24.3 Å². The summed E-state index contributed by atoms with van der Waals surface area (Å²) in [5, 5.41) is 0. The summed E-state index contributed by atoms with van der Waals surface area (Å²) in [6, 6.07) is 6.86. The maximum atomic E-state index is 12.4. The van der Waals surface area contributed by atoms with Gasteiger partial charge in [0.05, 0.1) is 16.8 Å². The molecule has 2 N–H and O–H groups in total. The number of benzene rings is 1. The Hall–Kier alpha value is -1.68. The highest BCUT2D eigenvalue weighted by atomic mass is 16.2. The third-order valence-corrected chi connectivity index (χ3v) is 3.53. The molecule has 1 unspecified atom stereocenters. The van der Waals surface area contributed by atoms with E-state index in [4.69, 9.17) is 5.73 Å². The molecule has 101 valence electrons. The maximum Gasteiger partial charge on any atom is 0.263 e. The second kappa shape index (κ2) is 5.13. The molecule has 1 aromatic carbocycles. The Morgan fingerprint density at radius 1 is 1.16 bits per heavy atom. The van der Waals surface area contributed by atoms with Crippen LogP contribution < -0.4 is 5.73 Å². The summed E-state index contributed by atoms with van der Waals surface area (Å²) in [5.41, 5.74) is 6.30. The first kappa shape index (κ1) is 13.7. The fourth-order valence-corrected chi connectivity index (χ4v) is 2.68. The van der Waals surface area contributed by atoms with Gasteiger partial charge in [-0.25, -0.2) is 0 Å². The number of rotatable bonds is 5. The van der Waals surface area contributed by atoms with Crippen molar-refractivity contribution < 1.29 is 9.59 Å². The Labute approximate surface area is 113 Å². The smallest absolute Gasteiger partial charge is 0.263 e. The van der Waals surface area contributed by atoms with E-state index in [2.05, 4.69) is 6.92 Å². The van der Waals surface area contributed by atoms with Crippen LogP contribution in [0.5, 0.6) is 0 Å². The van der Waals surface area contributed by atoms with Crippen LogP contribution in [0.3, 0.4) is 0 Å². The predicted octanol–water partition coefficient (Wildman–Crippen LogP) is 2.35. The van der Waals surface area contributed by atoms with Gasteiger partial charge in [0.1, 0.15) is 0 Å². The third kappa shape index (κ3) is 2.16. The number of nitrogens with two attached hydrogens (primary N) is 1. The van der Waals surface area contributed by atoms with Crippen molar-refractivity contribution >= 4 is 11.8 Å². The molecule has 0 spiro atoms. The van der Waals surface area contributed by atoms with Gasteiger partial charge < -0.3 is 5.73 Å². The van der Waals surface area contributed by atoms with Gasteiger partial charge in [0, 0.05) is 0 Å². The lowest BCUT2D eigenvalue weighted by atomic mass is 9.97. The molecule has 0 saturated heterocycles. The number of hydrogen-bond acceptors (Lipinski definition) is 3. The topological polar surface area (TPSA) is 63.4 Å². The molecule has 1 heterocycles. The lowest BCUT2D eigenvalue weighted by Crippen LogP contribution is -2.58. The highest BCUT2D eigenvalue weighted by Crippen LogP contribution is 2.31. The van der Waals surface area contributed by atoms with E-state index in [9.17, 15) is 9.59 Å². The van der Waals surface area contributed by atoms with Gasteiger partial charge in [-0.05, 0) is 31.4 Å². The summed E-state index contributed by atoms with van der Waals surface area (Å²) < 4.78 is 0. The summed E-state index contributed by atoms with van der Waals surface area (Å²) in [5.74, 6) is -0.574. The van der Waals surface area contributed by atoms with Crippen LogP contribution in [-0.4, -0.2) is 22.4 Å². The average molecular weight is 259 g/mol. The first-order valence-corrected chi connectivity index (χ1v) is 6.61. The van der Waals surface area contributed by atoms with Crippen molar-refractivity contribution in [2.24, 2.45) is 5.73 Å². The van der Waals surface area contributed by atoms with Crippen LogP contribution in [0, 0.1) is 6.92 Å². The van der Waals surface area contributed by atoms with Crippen LogP contribution in [-0.2, 0) is 0 Å². The maximum absolute atomic E-state index is 12.4. The van der Waals surface area contributed by atoms with Gasteiger partial charge in [0.2, 0.25) is 0 Å². The number of nitrogens with zero attached hydrogens (tertiary/aromatic N) is 1. The molecule has 0 fully saturated rings. The number of fused-ring (bicyclic) bond motifs is 1. The second-order valence-corrected chi connectivity index (χ2v) is 4.95. The SMILES string of the molecule is [CH2]CCC(N)(CCC)N1C(=O)c2ccccc2C1=O. The Kier molecular flexibility index (Phi) is 3.71. The van der Waals surface area contributed by atoms with Gasteiger partial charge in [0.15, 0.2) is 0 Å². The number of hydrogen-bond donors (Lipinski definition) is 1. The van der Waals surface area contributed by atoms with Crippen molar-refractivity contribution in [3.05, 3.63) is 42.3 Å². The standard InChI is InChI=1S/C15H19N2O2/c1-3-9-15(16,10-4-2)17-13(18)11-7-5-6-8-12(11)14(17)19/h5-8H,1,3-4,9-10,16H2,2H3. The summed E-state index contributed by atoms with van der Waals surface area (Å²) in [7, 11) is 0. The summed E-state index contributed by atoms with van der Waals surface area (Å²) in [6.45, 7) is 5.78. The molecule has 1 radical (unpaired) electrons. The second-order valence-electron chi connectivity index (χ2n) is 4.95. The molecule has 0 bridgehead atoms. The molecule has 1 aromatic rings. The number of carbonyl (C=O) groups is 2. The van der Waals surface area contributed by atoms with E-state index in [0.29, 0.717) is 30.4 Å². The van der Waals surface area contributed by atoms with E-state index in [0.717, 1.165) is 6.42 Å². The molecule has 2 amide bonds. The monoisotopic (exact) mass is 259 g/mol. The normalized spacial score (nSPS) is 15.0. The van der Waals surface area contributed by atoms with E-state index < -0.39 is 5.66 Å². The van der Waals surface area contributed by atoms with Crippen LogP contribution >= 0.6 is 0 Å². The van der Waals surface area contributed by atoms with Gasteiger partial charge >= 0.3 is 0 Å². The van der Waals surface area contributed by atoms with Gasteiger partial charge in [0.25, 0.3) is 11.8 Å². The van der Waals surface area contributed by atoms with E-state index in [1.807, 2.05) is 6.92 Å². The molecule has 4 nitrogen and oxygen atoms in total. The van der Waals surface area contributed by atoms with Crippen LogP contribution in [0.2, 0.25) is 0 Å². The minimum Gasteiger partial charge on any atom is -0.308 e. The summed E-state index contributed by atoms with van der Waals surface area (Å²) in [6.07, 6.45) is 2.51. The molecule has 1 atom stereocenters. The van der Waals surface area contributed by atoms with Crippen LogP contribution in [0.15, 0.2) is 24.3 Å². The molecule has 4 heteroatoms. The molecule has 0 saturated carbocycles. The predicted molar refractivity (Wildman–Crippen MR) is 73.4 cm³/mol. The lowest BCUT2D eigenvalue weighted by molar-refractivity contribution is 0.0390. The highest BCUT2D eigenvalue weighted by molar-refractivity contribution is 6.21. The molecule has 1 aliphatic rings. The summed E-state index contributed by atoms with van der Waals surface area (Å²) in [4.78, 5) is 26.0. The Morgan fingerprint density at radius 3 is 2.11 bits per heavy atom. The Morgan fingerprint density at radius 2 is 1.68 bits per heavy atom. The zero-order valence-corrected chi connectivity index (χ0v) is 11.2. The molecule has 1 aliphatic heterocycles. The van der Waals surface area contributed by atoms with Gasteiger partial charge in [-0.15, -0.1) is 0 Å². The van der Waals surface area contributed by atoms with Crippen molar-refractivity contribution in [1.82, 2.24) is 4.90 Å². The summed E-state index contributed by atoms with van der Waals surface area (Å²) >= 11 is 0. The van der Waals surface area contributed by atoms with Crippen molar-refractivity contribution in [3.63, 3.8) is 0 Å². The zero-order chi connectivity index (χ0) is 14.0. The Balaban J connectivity index is 2.42. The van der Waals surface area contributed by atoms with Crippen LogP contribution in [0.25, 0.3) is 0 Å². The Bertz CT molecular complexity index is 470. The first-order chi connectivity index (χ1) is 9.05. The molecule has 0 aromatic heterocycles. The molecular weight excluding hydrogens is 240 g/mol. The van der Waals surface area contributed by atoms with Gasteiger partial charge in [-0.1, -0.05) is 32.4 Å². The largest absolute Gasteiger partial charge is 0.308 e. The first-order valence-electron chi connectivity index (χ1n) is 6.61. The lowest BCUT2D eigenvalue weighted by Gasteiger charge is -2.37. The number of imide groups is 1. The number of amides is 2. The fourth-order valence-electron chi connectivity index (χ4n) is 2.68. The minimum absolute atomic E-state index is 0.287. The van der Waals surface area contributed by atoms with E-state index >= 15 is 0 Å². The zero-order valence-electron chi connectivity index (χ0n) is 11.2. The third-order valence-electron chi connectivity index (χ3n) is 3.53. The van der Waals surface area contributed by atoms with Gasteiger partial charge in [-0.2, -0.15) is 0 Å². The molecule has 0 aliphatic carbocycles. The highest BCUT2D eigenvalue weighted by Gasteiger charge is 2.45. The number of carbonyl (C=O) groups excluding carboxylic acids is 2. The molecular formula is C15H19N2O2. The van der Waals surface area contributed by atoms with E-state index in [1.165, 1.54) is 4.90 Å². The molecule has 19 heavy (non-hydrogen) atoms. The van der Waals surface area contributed by atoms with Crippen LogP contribution in [0.1, 0.15) is 53.3 Å². The van der Waals surface area contributed by atoms with E-state index in [-0.39, 0.29) is 11.8 Å². The van der Waals surface area contributed by atoms with Crippen molar-refractivity contribution in [3.8, 4) is 0 Å². The minimum atomic E-state index is -0.927. The fraction of sp³-hybridized carbons (Fsp3) is 0.400. The quantitative estimate of drug-likeness (QED) is 0.825. The van der Waals surface area contributed by atoms with Crippen LogP contribution in [0.4, 0.5) is 0 Å². The van der Waals surface area contributed by atoms with Crippen molar-refractivity contribution in [1.29, 1.82) is 0 Å². The molecule has 2 rings (SSSR count).